The molecule has 0 aliphatic heterocycles. The first-order valence-electron chi connectivity index (χ1n) is 4.98. The maximum atomic E-state index is 4.17. The highest BCUT2D eigenvalue weighted by molar-refractivity contribution is 5.40. The Morgan fingerprint density at radius 3 is 2.79 bits per heavy atom. The van der Waals surface area contributed by atoms with Crippen molar-refractivity contribution in [3.8, 4) is 11.8 Å². The van der Waals surface area contributed by atoms with Gasteiger partial charge in [-0.3, -0.25) is 0 Å². The van der Waals surface area contributed by atoms with Crippen LogP contribution in [0.5, 0.6) is 0 Å². The third-order valence-electron chi connectivity index (χ3n) is 2.50. The molecule has 0 bridgehead atoms. The van der Waals surface area contributed by atoms with Crippen LogP contribution in [-0.2, 0) is 0 Å². The van der Waals surface area contributed by atoms with Crippen LogP contribution in [0.1, 0.15) is 31.9 Å². The maximum Gasteiger partial charge on any atom is 0.113 e. The van der Waals surface area contributed by atoms with Gasteiger partial charge in [0.2, 0.25) is 0 Å². The first kappa shape index (κ1) is 9.02. The predicted octanol–water partition coefficient (Wildman–Crippen LogP) is 2.93. The van der Waals surface area contributed by atoms with Crippen LogP contribution in [0.25, 0.3) is 0 Å². The molecule has 1 aromatic heterocycles. The van der Waals surface area contributed by atoms with Crippen LogP contribution in [0.2, 0.25) is 0 Å². The average molecular weight is 183 g/mol. The van der Waals surface area contributed by atoms with Crippen molar-refractivity contribution in [3.63, 3.8) is 0 Å². The van der Waals surface area contributed by atoms with Crippen molar-refractivity contribution in [1.82, 2.24) is 4.98 Å². The van der Waals surface area contributed by atoms with Gasteiger partial charge < -0.3 is 0 Å². The van der Waals surface area contributed by atoms with Gasteiger partial charge in [-0.2, -0.15) is 0 Å². The van der Waals surface area contributed by atoms with Crippen LogP contribution in [0.3, 0.4) is 0 Å². The molecule has 0 unspecified atom stereocenters. The number of pyridine rings is 1. The molecular weight excluding hydrogens is 170 g/mol. The van der Waals surface area contributed by atoms with Crippen LogP contribution in [0, 0.1) is 11.8 Å². The summed E-state index contributed by atoms with van der Waals surface area (Å²) in [5.74, 6) is 6.31. The molecule has 1 aliphatic rings. The standard InChI is InChI=1S/C13H13N/c1-11-5-4-6-12(11)8-9-13-7-2-3-10-14-13/h2-3,7,10H,4-6H2,1H3. The normalized spacial score (nSPS) is 15.2. The minimum absolute atomic E-state index is 0.861. The van der Waals surface area contributed by atoms with Crippen molar-refractivity contribution in [3.05, 3.63) is 41.2 Å². The molecule has 1 aliphatic carbocycles. The molecule has 1 nitrogen and oxygen atoms in total. The van der Waals surface area contributed by atoms with E-state index < -0.39 is 0 Å². The Morgan fingerprint density at radius 2 is 2.14 bits per heavy atom. The highest BCUT2D eigenvalue weighted by Crippen LogP contribution is 2.24. The number of hydrogen-bond acceptors (Lipinski definition) is 1. The van der Waals surface area contributed by atoms with Crippen LogP contribution in [-0.4, -0.2) is 4.98 Å². The average Bonchev–Trinajstić information content (AvgIpc) is 2.63. The van der Waals surface area contributed by atoms with Gasteiger partial charge in [0.25, 0.3) is 0 Å². The Labute approximate surface area is 84.9 Å². The van der Waals surface area contributed by atoms with Gasteiger partial charge in [-0.05, 0) is 44.2 Å². The molecule has 1 heterocycles. The monoisotopic (exact) mass is 183 g/mol. The lowest BCUT2D eigenvalue weighted by atomic mass is 10.2. The summed E-state index contributed by atoms with van der Waals surface area (Å²) in [7, 11) is 0. The SMILES string of the molecule is CC1=C(C#Cc2ccccn2)CCC1. The van der Waals surface area contributed by atoms with Gasteiger partial charge in [0, 0.05) is 11.8 Å². The summed E-state index contributed by atoms with van der Waals surface area (Å²) in [6, 6.07) is 5.82. The number of nitrogens with zero attached hydrogens (tertiary/aromatic N) is 1. The summed E-state index contributed by atoms with van der Waals surface area (Å²) in [6.45, 7) is 2.18. The molecule has 1 aromatic rings. The molecule has 1 heteroatoms. The highest BCUT2D eigenvalue weighted by Gasteiger charge is 2.07. The van der Waals surface area contributed by atoms with Crippen LogP contribution in [0.15, 0.2) is 35.5 Å². The van der Waals surface area contributed by atoms with Gasteiger partial charge in [-0.1, -0.05) is 17.6 Å². The molecule has 0 fully saturated rings. The van der Waals surface area contributed by atoms with Crippen molar-refractivity contribution in [2.24, 2.45) is 0 Å². The minimum Gasteiger partial charge on any atom is -0.248 e. The second kappa shape index (κ2) is 4.11. The second-order valence-corrected chi connectivity index (χ2v) is 3.58. The van der Waals surface area contributed by atoms with Gasteiger partial charge in [0.15, 0.2) is 0 Å². The van der Waals surface area contributed by atoms with Gasteiger partial charge in [-0.25, -0.2) is 4.98 Å². The third-order valence-corrected chi connectivity index (χ3v) is 2.50. The number of allylic oxidation sites excluding steroid dienone is 2. The summed E-state index contributed by atoms with van der Waals surface area (Å²) in [5.41, 5.74) is 3.63. The Bertz CT molecular complexity index is 404. The first-order chi connectivity index (χ1) is 6.86. The van der Waals surface area contributed by atoms with E-state index in [0.29, 0.717) is 0 Å². The molecule has 0 spiro atoms. The number of aromatic nitrogens is 1. The Hall–Kier alpha value is -1.55. The van der Waals surface area contributed by atoms with E-state index in [4.69, 9.17) is 0 Å². The lowest BCUT2D eigenvalue weighted by molar-refractivity contribution is 0.900. The van der Waals surface area contributed by atoms with Gasteiger partial charge in [-0.15, -0.1) is 0 Å². The van der Waals surface area contributed by atoms with Gasteiger partial charge >= 0.3 is 0 Å². The van der Waals surface area contributed by atoms with Crippen LogP contribution < -0.4 is 0 Å². The van der Waals surface area contributed by atoms with E-state index in [1.165, 1.54) is 24.0 Å². The van der Waals surface area contributed by atoms with Crippen molar-refractivity contribution in [2.75, 3.05) is 0 Å². The second-order valence-electron chi connectivity index (χ2n) is 3.58. The maximum absolute atomic E-state index is 4.17. The van der Waals surface area contributed by atoms with E-state index in [1.807, 2.05) is 18.2 Å². The summed E-state index contributed by atoms with van der Waals surface area (Å²) in [6.07, 6.45) is 5.40. The summed E-state index contributed by atoms with van der Waals surface area (Å²) in [5, 5.41) is 0. The molecule has 2 rings (SSSR count). The fourth-order valence-electron chi connectivity index (χ4n) is 1.64. The van der Waals surface area contributed by atoms with E-state index in [0.717, 1.165) is 12.1 Å². The summed E-state index contributed by atoms with van der Waals surface area (Å²) >= 11 is 0. The fraction of sp³-hybridized carbons (Fsp3) is 0.308. The predicted molar refractivity (Wildman–Crippen MR) is 57.7 cm³/mol. The van der Waals surface area contributed by atoms with Crippen molar-refractivity contribution in [2.45, 2.75) is 26.2 Å². The molecular formula is C13H13N. The topological polar surface area (TPSA) is 12.9 Å². The summed E-state index contributed by atoms with van der Waals surface area (Å²) in [4.78, 5) is 4.17. The van der Waals surface area contributed by atoms with E-state index in [-0.39, 0.29) is 0 Å². The molecule has 0 saturated heterocycles. The van der Waals surface area contributed by atoms with Gasteiger partial charge in [0.05, 0.1) is 0 Å². The smallest absolute Gasteiger partial charge is 0.113 e. The molecule has 0 atom stereocenters. The molecule has 0 aromatic carbocycles. The number of rotatable bonds is 0. The summed E-state index contributed by atoms with van der Waals surface area (Å²) < 4.78 is 0. The van der Waals surface area contributed by atoms with E-state index in [2.05, 4.69) is 23.7 Å². The van der Waals surface area contributed by atoms with Gasteiger partial charge in [0.1, 0.15) is 5.69 Å². The quantitative estimate of drug-likeness (QED) is 0.563. The van der Waals surface area contributed by atoms with E-state index in [1.54, 1.807) is 6.20 Å². The van der Waals surface area contributed by atoms with Crippen molar-refractivity contribution in [1.29, 1.82) is 0 Å². The highest BCUT2D eigenvalue weighted by atomic mass is 14.6. The zero-order chi connectivity index (χ0) is 9.80. The first-order valence-corrected chi connectivity index (χ1v) is 4.98. The lowest BCUT2D eigenvalue weighted by Gasteiger charge is -1.90. The minimum atomic E-state index is 0.861. The Balaban J connectivity index is 2.19. The molecule has 70 valence electrons. The Morgan fingerprint density at radius 1 is 1.21 bits per heavy atom. The molecule has 0 amide bonds. The zero-order valence-electron chi connectivity index (χ0n) is 8.38. The zero-order valence-corrected chi connectivity index (χ0v) is 8.38. The molecule has 0 radical (unpaired) electrons. The molecule has 0 saturated carbocycles. The fourth-order valence-corrected chi connectivity index (χ4v) is 1.64. The largest absolute Gasteiger partial charge is 0.248 e. The van der Waals surface area contributed by atoms with Crippen LogP contribution in [0.4, 0.5) is 0 Å². The lowest BCUT2D eigenvalue weighted by Crippen LogP contribution is -1.80. The number of hydrogen-bond donors (Lipinski definition) is 0. The third kappa shape index (κ3) is 2.03. The van der Waals surface area contributed by atoms with Crippen molar-refractivity contribution < 1.29 is 0 Å². The van der Waals surface area contributed by atoms with Crippen molar-refractivity contribution >= 4 is 0 Å². The Kier molecular flexibility index (Phi) is 2.65. The van der Waals surface area contributed by atoms with E-state index in [9.17, 15) is 0 Å². The van der Waals surface area contributed by atoms with Crippen LogP contribution >= 0.6 is 0 Å². The molecule has 0 N–H and O–H groups in total. The molecule has 14 heavy (non-hydrogen) atoms. The van der Waals surface area contributed by atoms with E-state index >= 15 is 0 Å².